The maximum atomic E-state index is 9.37. The van der Waals surface area contributed by atoms with Crippen LogP contribution < -0.4 is 5.32 Å². The quantitative estimate of drug-likeness (QED) is 0.773. The summed E-state index contributed by atoms with van der Waals surface area (Å²) < 4.78 is 0. The fraction of sp³-hybridized carbons (Fsp3) is 0.923. The highest BCUT2D eigenvalue weighted by atomic mass is 15.0. The Morgan fingerprint density at radius 1 is 1.33 bits per heavy atom. The third kappa shape index (κ3) is 3.50. The van der Waals surface area contributed by atoms with Crippen LogP contribution in [0.2, 0.25) is 0 Å². The molecule has 0 aromatic rings. The van der Waals surface area contributed by atoms with Gasteiger partial charge in [-0.3, -0.25) is 5.32 Å². The van der Waals surface area contributed by atoms with E-state index < -0.39 is 0 Å². The minimum atomic E-state index is -0.258. The highest BCUT2D eigenvalue weighted by molar-refractivity contribution is 5.11. The van der Waals surface area contributed by atoms with E-state index in [-0.39, 0.29) is 5.54 Å². The van der Waals surface area contributed by atoms with Crippen LogP contribution in [-0.4, -0.2) is 12.1 Å². The summed E-state index contributed by atoms with van der Waals surface area (Å²) in [6.07, 6.45) is 4.42. The molecule has 0 aromatic carbocycles. The average Bonchev–Trinajstić information content (AvgIpc) is 2.13. The second-order valence-electron chi connectivity index (χ2n) is 6.16. The molecule has 0 spiro atoms. The van der Waals surface area contributed by atoms with Crippen molar-refractivity contribution in [3.8, 4) is 6.07 Å². The second-order valence-corrected chi connectivity index (χ2v) is 6.16. The minimum Gasteiger partial charge on any atom is -0.299 e. The van der Waals surface area contributed by atoms with Crippen LogP contribution in [0.1, 0.15) is 53.4 Å². The molecule has 0 heterocycles. The number of hydrogen-bond acceptors (Lipinski definition) is 2. The normalized spacial score (nSPS) is 30.1. The van der Waals surface area contributed by atoms with Crippen molar-refractivity contribution in [1.82, 2.24) is 5.32 Å². The molecule has 2 heteroatoms. The Bertz CT molecular complexity index is 250. The first-order valence-electron chi connectivity index (χ1n) is 6.05. The highest BCUT2D eigenvalue weighted by Gasteiger charge is 2.39. The predicted molar refractivity (Wildman–Crippen MR) is 63.4 cm³/mol. The molecule has 86 valence electrons. The molecular formula is C13H24N2. The molecule has 15 heavy (non-hydrogen) atoms. The van der Waals surface area contributed by atoms with Gasteiger partial charge in [0.05, 0.1) is 6.07 Å². The van der Waals surface area contributed by atoms with E-state index in [9.17, 15) is 5.26 Å². The Balaban J connectivity index is 2.64. The van der Waals surface area contributed by atoms with Gasteiger partial charge in [-0.05, 0) is 37.1 Å². The Kier molecular flexibility index (Phi) is 3.78. The van der Waals surface area contributed by atoms with Crippen molar-refractivity contribution in [2.75, 3.05) is 6.54 Å². The standard InChI is InChI=1S/C13H24N2/c1-11(2)8-15-13(10-14)7-5-6-12(3,4)9-13/h11,15H,5-9H2,1-4H3. The first kappa shape index (κ1) is 12.5. The second kappa shape index (κ2) is 4.53. The van der Waals surface area contributed by atoms with Gasteiger partial charge in [0.1, 0.15) is 5.54 Å². The highest BCUT2D eigenvalue weighted by Crippen LogP contribution is 2.40. The van der Waals surface area contributed by atoms with Gasteiger partial charge in [0.25, 0.3) is 0 Å². The fourth-order valence-electron chi connectivity index (χ4n) is 2.55. The Morgan fingerprint density at radius 2 is 2.00 bits per heavy atom. The van der Waals surface area contributed by atoms with E-state index in [1.54, 1.807) is 0 Å². The fourth-order valence-corrected chi connectivity index (χ4v) is 2.55. The predicted octanol–water partition coefficient (Wildman–Crippen LogP) is 3.09. The summed E-state index contributed by atoms with van der Waals surface area (Å²) in [5.41, 5.74) is 0.0595. The summed E-state index contributed by atoms with van der Waals surface area (Å²) in [7, 11) is 0. The molecule has 0 bridgehead atoms. The molecule has 0 amide bonds. The van der Waals surface area contributed by atoms with Gasteiger partial charge in [0.2, 0.25) is 0 Å². The number of nitrogens with zero attached hydrogens (tertiary/aromatic N) is 1. The van der Waals surface area contributed by atoms with Crippen molar-refractivity contribution < 1.29 is 0 Å². The SMILES string of the molecule is CC(C)CNC1(C#N)CCCC(C)(C)C1. The van der Waals surface area contributed by atoms with Crippen LogP contribution in [0.25, 0.3) is 0 Å². The van der Waals surface area contributed by atoms with Gasteiger partial charge in [-0.15, -0.1) is 0 Å². The van der Waals surface area contributed by atoms with Gasteiger partial charge >= 0.3 is 0 Å². The van der Waals surface area contributed by atoms with Crippen molar-refractivity contribution in [2.24, 2.45) is 11.3 Å². The molecule has 1 rings (SSSR count). The monoisotopic (exact) mass is 208 g/mol. The summed E-state index contributed by atoms with van der Waals surface area (Å²) in [6, 6.07) is 2.52. The van der Waals surface area contributed by atoms with Gasteiger partial charge in [-0.1, -0.05) is 34.1 Å². The molecule has 0 aromatic heterocycles. The van der Waals surface area contributed by atoms with Crippen molar-refractivity contribution in [2.45, 2.75) is 58.9 Å². The Labute approximate surface area is 94.1 Å². The minimum absolute atomic E-state index is 0.258. The molecule has 1 atom stereocenters. The van der Waals surface area contributed by atoms with E-state index in [1.807, 2.05) is 0 Å². The summed E-state index contributed by atoms with van der Waals surface area (Å²) >= 11 is 0. The van der Waals surface area contributed by atoms with Crippen molar-refractivity contribution in [3.05, 3.63) is 0 Å². The van der Waals surface area contributed by atoms with Crippen LogP contribution in [0.4, 0.5) is 0 Å². The van der Waals surface area contributed by atoms with E-state index in [1.165, 1.54) is 12.8 Å². The van der Waals surface area contributed by atoms with E-state index in [2.05, 4.69) is 39.1 Å². The molecule has 0 radical (unpaired) electrons. The van der Waals surface area contributed by atoms with Crippen LogP contribution in [0.15, 0.2) is 0 Å². The zero-order valence-electron chi connectivity index (χ0n) is 10.6. The summed E-state index contributed by atoms with van der Waals surface area (Å²) in [4.78, 5) is 0. The molecule has 0 saturated heterocycles. The topological polar surface area (TPSA) is 35.8 Å². The van der Waals surface area contributed by atoms with Crippen molar-refractivity contribution >= 4 is 0 Å². The molecule has 1 fully saturated rings. The summed E-state index contributed by atoms with van der Waals surface area (Å²) in [5, 5.41) is 12.9. The zero-order valence-corrected chi connectivity index (χ0v) is 10.6. The van der Waals surface area contributed by atoms with Crippen molar-refractivity contribution in [1.29, 1.82) is 5.26 Å². The first-order valence-corrected chi connectivity index (χ1v) is 6.05. The lowest BCUT2D eigenvalue weighted by Gasteiger charge is -2.41. The van der Waals surface area contributed by atoms with Gasteiger partial charge < -0.3 is 0 Å². The van der Waals surface area contributed by atoms with Crippen LogP contribution in [0.5, 0.6) is 0 Å². The van der Waals surface area contributed by atoms with Crippen LogP contribution >= 0.6 is 0 Å². The molecule has 0 aliphatic heterocycles. The number of rotatable bonds is 3. The van der Waals surface area contributed by atoms with E-state index in [0.717, 1.165) is 19.4 Å². The third-order valence-corrected chi connectivity index (χ3v) is 3.30. The van der Waals surface area contributed by atoms with Gasteiger partial charge in [0, 0.05) is 0 Å². The van der Waals surface area contributed by atoms with Crippen molar-refractivity contribution in [3.63, 3.8) is 0 Å². The largest absolute Gasteiger partial charge is 0.299 e. The van der Waals surface area contributed by atoms with E-state index in [4.69, 9.17) is 0 Å². The Hall–Kier alpha value is -0.550. The number of hydrogen-bond donors (Lipinski definition) is 1. The smallest absolute Gasteiger partial charge is 0.107 e. The summed E-state index contributed by atoms with van der Waals surface area (Å²) in [6.45, 7) is 9.87. The van der Waals surface area contributed by atoms with Crippen LogP contribution in [0.3, 0.4) is 0 Å². The van der Waals surface area contributed by atoms with Gasteiger partial charge in [-0.2, -0.15) is 5.26 Å². The molecule has 1 aliphatic carbocycles. The first-order chi connectivity index (χ1) is 6.89. The molecular weight excluding hydrogens is 184 g/mol. The third-order valence-electron chi connectivity index (χ3n) is 3.30. The van der Waals surface area contributed by atoms with E-state index in [0.29, 0.717) is 11.3 Å². The number of nitrogens with one attached hydrogen (secondary N) is 1. The average molecular weight is 208 g/mol. The van der Waals surface area contributed by atoms with Crippen LogP contribution in [0, 0.1) is 22.7 Å². The van der Waals surface area contributed by atoms with Gasteiger partial charge in [0.15, 0.2) is 0 Å². The maximum Gasteiger partial charge on any atom is 0.107 e. The number of nitriles is 1. The summed E-state index contributed by atoms with van der Waals surface area (Å²) in [5.74, 6) is 0.611. The molecule has 2 nitrogen and oxygen atoms in total. The maximum absolute atomic E-state index is 9.37. The molecule has 1 aliphatic rings. The molecule has 1 N–H and O–H groups in total. The Morgan fingerprint density at radius 3 is 2.47 bits per heavy atom. The van der Waals surface area contributed by atoms with E-state index >= 15 is 0 Å². The lowest BCUT2D eigenvalue weighted by atomic mass is 9.68. The van der Waals surface area contributed by atoms with Gasteiger partial charge in [-0.25, -0.2) is 0 Å². The zero-order chi connectivity index (χ0) is 11.5. The molecule has 1 saturated carbocycles. The lowest BCUT2D eigenvalue weighted by Crippen LogP contribution is -2.50. The lowest BCUT2D eigenvalue weighted by molar-refractivity contribution is 0.155. The molecule has 1 unspecified atom stereocenters. The van der Waals surface area contributed by atoms with Crippen LogP contribution in [-0.2, 0) is 0 Å².